The molecule has 152 valence electrons. The average Bonchev–Trinajstić information content (AvgIpc) is 3.26. The van der Waals surface area contributed by atoms with Gasteiger partial charge >= 0.3 is 6.18 Å². The molecular formula is C21H20F3N3O2. The van der Waals surface area contributed by atoms with Crippen LogP contribution in [0.15, 0.2) is 40.8 Å². The van der Waals surface area contributed by atoms with Gasteiger partial charge in [0.25, 0.3) is 0 Å². The first-order valence-electron chi connectivity index (χ1n) is 9.65. The fraction of sp³-hybridized carbons (Fsp3) is 0.381. The molecule has 2 aromatic carbocycles. The van der Waals surface area contributed by atoms with E-state index in [1.165, 1.54) is 6.07 Å². The first-order chi connectivity index (χ1) is 13.9. The quantitative estimate of drug-likeness (QED) is 0.632. The zero-order chi connectivity index (χ0) is 20.2. The molecule has 0 saturated carbocycles. The van der Waals surface area contributed by atoms with Gasteiger partial charge < -0.3 is 19.4 Å². The molecule has 8 heteroatoms. The number of aromatic nitrogens is 1. The summed E-state index contributed by atoms with van der Waals surface area (Å²) in [6.07, 6.45) is -2.28. The zero-order valence-electron chi connectivity index (χ0n) is 15.8. The zero-order valence-corrected chi connectivity index (χ0v) is 15.8. The van der Waals surface area contributed by atoms with Crippen molar-refractivity contribution < 1.29 is 22.3 Å². The molecule has 1 aromatic heterocycles. The summed E-state index contributed by atoms with van der Waals surface area (Å²) in [5.74, 6) is 0.307. The third-order valence-corrected chi connectivity index (χ3v) is 5.60. The van der Waals surface area contributed by atoms with Crippen molar-refractivity contribution in [3.05, 3.63) is 42.0 Å². The van der Waals surface area contributed by atoms with E-state index in [1.54, 1.807) is 0 Å². The van der Waals surface area contributed by atoms with Crippen LogP contribution in [0.3, 0.4) is 0 Å². The SMILES string of the molecule is CC1Nc2cc(-c3nc4cc(C(F)(F)F)ccc4o3)ccc2N1C1CCOCC1. The van der Waals surface area contributed by atoms with Crippen LogP contribution in [0.1, 0.15) is 25.3 Å². The van der Waals surface area contributed by atoms with Gasteiger partial charge in [0.1, 0.15) is 5.52 Å². The third kappa shape index (κ3) is 3.21. The highest BCUT2D eigenvalue weighted by atomic mass is 19.4. The molecule has 5 nitrogen and oxygen atoms in total. The van der Waals surface area contributed by atoms with Crippen molar-refractivity contribution >= 4 is 22.5 Å². The number of anilines is 2. The monoisotopic (exact) mass is 403 g/mol. The summed E-state index contributed by atoms with van der Waals surface area (Å²) in [7, 11) is 0. The Morgan fingerprint density at radius 2 is 1.90 bits per heavy atom. The second-order valence-corrected chi connectivity index (χ2v) is 7.50. The molecule has 0 amide bonds. The molecule has 1 atom stereocenters. The predicted molar refractivity (Wildman–Crippen MR) is 104 cm³/mol. The third-order valence-electron chi connectivity index (χ3n) is 5.60. The van der Waals surface area contributed by atoms with Gasteiger partial charge in [-0.3, -0.25) is 0 Å². The number of hydrogen-bond acceptors (Lipinski definition) is 5. The Morgan fingerprint density at radius 1 is 1.10 bits per heavy atom. The summed E-state index contributed by atoms with van der Waals surface area (Å²) >= 11 is 0. The maximum atomic E-state index is 12.9. The van der Waals surface area contributed by atoms with Crippen LogP contribution >= 0.6 is 0 Å². The van der Waals surface area contributed by atoms with Gasteiger partial charge in [-0.15, -0.1) is 0 Å². The van der Waals surface area contributed by atoms with Gasteiger partial charge in [-0.25, -0.2) is 4.98 Å². The van der Waals surface area contributed by atoms with E-state index in [-0.39, 0.29) is 11.7 Å². The number of rotatable bonds is 2. The molecule has 2 aliphatic heterocycles. The van der Waals surface area contributed by atoms with Crippen LogP contribution in [0.25, 0.3) is 22.6 Å². The van der Waals surface area contributed by atoms with Crippen LogP contribution in [-0.4, -0.2) is 30.4 Å². The van der Waals surface area contributed by atoms with Crippen molar-refractivity contribution in [3.8, 4) is 11.5 Å². The molecule has 1 unspecified atom stereocenters. The van der Waals surface area contributed by atoms with Crippen LogP contribution in [-0.2, 0) is 10.9 Å². The maximum absolute atomic E-state index is 12.9. The molecule has 0 spiro atoms. The van der Waals surface area contributed by atoms with Gasteiger partial charge in [-0.1, -0.05) is 0 Å². The van der Waals surface area contributed by atoms with E-state index >= 15 is 0 Å². The fourth-order valence-electron chi connectivity index (χ4n) is 4.22. The maximum Gasteiger partial charge on any atom is 0.416 e. The van der Waals surface area contributed by atoms with Crippen LogP contribution in [0.2, 0.25) is 0 Å². The minimum absolute atomic E-state index is 0.154. The summed E-state index contributed by atoms with van der Waals surface area (Å²) in [5, 5.41) is 3.48. The van der Waals surface area contributed by atoms with E-state index in [2.05, 4.69) is 22.1 Å². The number of fused-ring (bicyclic) bond motifs is 2. The molecule has 5 rings (SSSR count). The summed E-state index contributed by atoms with van der Waals surface area (Å²) in [4.78, 5) is 6.66. The lowest BCUT2D eigenvalue weighted by Crippen LogP contribution is -2.44. The summed E-state index contributed by atoms with van der Waals surface area (Å²) < 4.78 is 50.0. The van der Waals surface area contributed by atoms with Gasteiger partial charge in [-0.2, -0.15) is 13.2 Å². The topological polar surface area (TPSA) is 50.5 Å². The molecule has 1 saturated heterocycles. The number of alkyl halides is 3. The molecule has 3 aromatic rings. The molecule has 29 heavy (non-hydrogen) atoms. The van der Waals surface area contributed by atoms with E-state index < -0.39 is 11.7 Å². The molecule has 0 bridgehead atoms. The Bertz CT molecular complexity index is 1060. The summed E-state index contributed by atoms with van der Waals surface area (Å²) in [5.41, 5.74) is 2.60. The van der Waals surface area contributed by atoms with Gasteiger partial charge in [0.05, 0.1) is 23.1 Å². The second-order valence-electron chi connectivity index (χ2n) is 7.50. The first kappa shape index (κ1) is 18.3. The molecule has 1 fully saturated rings. The molecule has 3 heterocycles. The molecule has 0 aliphatic carbocycles. The number of hydrogen-bond donors (Lipinski definition) is 1. The van der Waals surface area contributed by atoms with Crippen molar-refractivity contribution in [2.75, 3.05) is 23.4 Å². The number of nitrogens with one attached hydrogen (secondary N) is 1. The van der Waals surface area contributed by atoms with Crippen molar-refractivity contribution in [3.63, 3.8) is 0 Å². The number of oxazole rings is 1. The van der Waals surface area contributed by atoms with E-state index in [0.717, 1.165) is 55.1 Å². The smallest absolute Gasteiger partial charge is 0.416 e. The molecule has 0 radical (unpaired) electrons. The largest absolute Gasteiger partial charge is 0.436 e. The van der Waals surface area contributed by atoms with Gasteiger partial charge in [-0.05, 0) is 56.2 Å². The van der Waals surface area contributed by atoms with Crippen LogP contribution in [0.4, 0.5) is 24.5 Å². The molecular weight excluding hydrogens is 383 g/mol. The van der Waals surface area contributed by atoms with E-state index in [9.17, 15) is 13.2 Å². The Kier molecular flexibility index (Phi) is 4.20. The van der Waals surface area contributed by atoms with Gasteiger partial charge in [0, 0.05) is 24.8 Å². The number of nitrogens with zero attached hydrogens (tertiary/aromatic N) is 2. The minimum Gasteiger partial charge on any atom is -0.436 e. The van der Waals surface area contributed by atoms with Crippen LogP contribution in [0.5, 0.6) is 0 Å². The van der Waals surface area contributed by atoms with E-state index in [4.69, 9.17) is 9.15 Å². The molecule has 2 aliphatic rings. The van der Waals surface area contributed by atoms with Crippen molar-refractivity contribution in [2.45, 2.75) is 38.1 Å². The highest BCUT2D eigenvalue weighted by Gasteiger charge is 2.33. The lowest BCUT2D eigenvalue weighted by molar-refractivity contribution is -0.137. The average molecular weight is 403 g/mol. The van der Waals surface area contributed by atoms with Crippen molar-refractivity contribution in [1.82, 2.24) is 4.98 Å². The highest BCUT2D eigenvalue weighted by molar-refractivity contribution is 5.83. The number of benzene rings is 2. The summed E-state index contributed by atoms with van der Waals surface area (Å²) in [6.45, 7) is 3.65. The first-order valence-corrected chi connectivity index (χ1v) is 9.65. The minimum atomic E-state index is -4.41. The second kappa shape index (κ2) is 6.66. The van der Waals surface area contributed by atoms with Crippen molar-refractivity contribution in [2.24, 2.45) is 0 Å². The van der Waals surface area contributed by atoms with Crippen LogP contribution in [0, 0.1) is 0 Å². The fourth-order valence-corrected chi connectivity index (χ4v) is 4.22. The Balaban J connectivity index is 1.48. The molecule has 1 N–H and O–H groups in total. The Morgan fingerprint density at radius 3 is 2.66 bits per heavy atom. The van der Waals surface area contributed by atoms with Gasteiger partial charge in [0.15, 0.2) is 5.58 Å². The lowest BCUT2D eigenvalue weighted by Gasteiger charge is -2.35. The summed E-state index contributed by atoms with van der Waals surface area (Å²) in [6, 6.07) is 9.63. The van der Waals surface area contributed by atoms with Crippen molar-refractivity contribution in [1.29, 1.82) is 0 Å². The van der Waals surface area contributed by atoms with E-state index in [0.29, 0.717) is 17.5 Å². The number of ether oxygens (including phenoxy) is 1. The number of halogens is 3. The standard InChI is InChI=1S/C21H20F3N3O2/c1-12-25-16-10-13(2-4-18(16)27(12)15-6-8-28-9-7-15)20-26-17-11-14(21(22,23)24)3-5-19(17)29-20/h2-5,10-12,15,25H,6-9H2,1H3. The lowest BCUT2D eigenvalue weighted by atomic mass is 10.1. The van der Waals surface area contributed by atoms with Gasteiger partial charge in [0.2, 0.25) is 5.89 Å². The highest BCUT2D eigenvalue weighted by Crippen LogP contribution is 2.41. The Hall–Kier alpha value is -2.74. The predicted octanol–water partition coefficient (Wildman–Crippen LogP) is 5.27. The van der Waals surface area contributed by atoms with E-state index in [1.807, 2.05) is 18.2 Å². The van der Waals surface area contributed by atoms with Crippen LogP contribution < -0.4 is 10.2 Å². The normalized spacial score (nSPS) is 20.1. The Labute approximate surface area is 165 Å².